The standard InChI is InChI=1S/C19H24ClFN5/c1-23-8-5-18-25(9-10-26(18)23)13-15-16(20)11-14(12-17(15)21)19(22)24-6-3-2-4-7-24/h5,8,11-12,22H,2-4,6-7,9-10,13H2,1H3/q+1. The van der Waals surface area contributed by atoms with Crippen molar-refractivity contribution < 1.29 is 9.07 Å². The van der Waals surface area contributed by atoms with Gasteiger partial charge in [0.05, 0.1) is 12.6 Å². The van der Waals surface area contributed by atoms with Crippen LogP contribution in [0.2, 0.25) is 5.02 Å². The minimum absolute atomic E-state index is 0.330. The molecular formula is C19H24ClFN5+. The Morgan fingerprint density at radius 2 is 1.96 bits per heavy atom. The van der Waals surface area contributed by atoms with Crippen molar-refractivity contribution >= 4 is 23.3 Å². The summed E-state index contributed by atoms with van der Waals surface area (Å²) in [4.78, 5) is 4.15. The molecule has 5 nitrogen and oxygen atoms in total. The average molecular weight is 377 g/mol. The predicted octanol–water partition coefficient (Wildman–Crippen LogP) is 2.94. The smallest absolute Gasteiger partial charge is 0.197 e. The van der Waals surface area contributed by atoms with Crippen molar-refractivity contribution in [1.29, 1.82) is 5.41 Å². The van der Waals surface area contributed by atoms with Crippen LogP contribution in [0.1, 0.15) is 30.4 Å². The van der Waals surface area contributed by atoms with Crippen LogP contribution in [0.5, 0.6) is 0 Å². The van der Waals surface area contributed by atoms with Crippen molar-refractivity contribution in [2.75, 3.05) is 24.5 Å². The Morgan fingerprint density at radius 3 is 2.69 bits per heavy atom. The number of nitrogens with zero attached hydrogens (tertiary/aromatic N) is 4. The summed E-state index contributed by atoms with van der Waals surface area (Å²) in [6.07, 6.45) is 5.38. The molecule has 138 valence electrons. The summed E-state index contributed by atoms with van der Waals surface area (Å²) in [5.41, 5.74) is 1.06. The van der Waals surface area contributed by atoms with Crippen molar-refractivity contribution in [2.45, 2.75) is 32.4 Å². The first-order valence-electron chi connectivity index (χ1n) is 9.17. The molecule has 4 rings (SSSR count). The Labute approximate surface area is 158 Å². The normalized spacial score (nSPS) is 16.9. The Morgan fingerprint density at radius 1 is 1.19 bits per heavy atom. The second-order valence-electron chi connectivity index (χ2n) is 7.11. The third-order valence-corrected chi connectivity index (χ3v) is 5.76. The number of fused-ring (bicyclic) bond motifs is 1. The molecule has 1 aromatic carbocycles. The molecule has 3 heterocycles. The maximum absolute atomic E-state index is 14.8. The third kappa shape index (κ3) is 3.07. The van der Waals surface area contributed by atoms with E-state index < -0.39 is 0 Å². The Balaban J connectivity index is 1.56. The summed E-state index contributed by atoms with van der Waals surface area (Å²) in [6.45, 7) is 3.89. The van der Waals surface area contributed by atoms with Gasteiger partial charge in [-0.25, -0.2) is 4.39 Å². The summed E-state index contributed by atoms with van der Waals surface area (Å²) >= 11 is 6.43. The molecule has 0 aliphatic carbocycles. The zero-order chi connectivity index (χ0) is 18.3. The molecule has 0 spiro atoms. The lowest BCUT2D eigenvalue weighted by Crippen LogP contribution is -2.37. The molecule has 0 amide bonds. The molecule has 1 aromatic heterocycles. The number of anilines is 1. The van der Waals surface area contributed by atoms with Crippen molar-refractivity contribution in [3.8, 4) is 0 Å². The number of hydrogen-bond acceptors (Lipinski definition) is 2. The first kappa shape index (κ1) is 17.3. The van der Waals surface area contributed by atoms with Gasteiger partial charge in [-0.1, -0.05) is 11.6 Å². The van der Waals surface area contributed by atoms with Crippen LogP contribution in [0, 0.1) is 11.2 Å². The van der Waals surface area contributed by atoms with Gasteiger partial charge in [0.15, 0.2) is 19.1 Å². The quantitative estimate of drug-likeness (QED) is 0.508. The van der Waals surface area contributed by atoms with Gasteiger partial charge >= 0.3 is 0 Å². The van der Waals surface area contributed by atoms with E-state index in [-0.39, 0.29) is 5.82 Å². The Hall–Kier alpha value is -2.08. The summed E-state index contributed by atoms with van der Waals surface area (Å²) in [7, 11) is 2.00. The van der Waals surface area contributed by atoms with Gasteiger partial charge in [-0.3, -0.25) is 5.41 Å². The molecule has 0 radical (unpaired) electrons. The van der Waals surface area contributed by atoms with E-state index in [1.165, 1.54) is 12.5 Å². The van der Waals surface area contributed by atoms with Gasteiger partial charge in [-0.2, -0.15) is 0 Å². The molecule has 1 saturated heterocycles. The van der Waals surface area contributed by atoms with Crippen molar-refractivity contribution in [1.82, 2.24) is 9.58 Å². The number of hydrogen-bond donors (Lipinski definition) is 1. The zero-order valence-corrected chi connectivity index (χ0v) is 15.8. The van der Waals surface area contributed by atoms with Gasteiger partial charge in [-0.05, 0) is 31.4 Å². The van der Waals surface area contributed by atoms with Crippen molar-refractivity contribution in [3.63, 3.8) is 0 Å². The first-order valence-corrected chi connectivity index (χ1v) is 9.54. The zero-order valence-electron chi connectivity index (χ0n) is 15.0. The van der Waals surface area contributed by atoms with E-state index in [1.54, 1.807) is 6.07 Å². The SMILES string of the molecule is C[n+]1ccc2n1CCN2Cc1c(F)cc(C(=N)N2CCCCC2)cc1Cl. The van der Waals surface area contributed by atoms with Crippen LogP contribution in [0.3, 0.4) is 0 Å². The average Bonchev–Trinajstić information content (AvgIpc) is 3.21. The van der Waals surface area contributed by atoms with E-state index in [9.17, 15) is 4.39 Å². The van der Waals surface area contributed by atoms with E-state index >= 15 is 0 Å². The molecule has 7 heteroatoms. The minimum atomic E-state index is -0.330. The van der Waals surface area contributed by atoms with Gasteiger partial charge in [0, 0.05) is 42.3 Å². The fraction of sp³-hybridized carbons (Fsp3) is 0.474. The fourth-order valence-corrected chi connectivity index (χ4v) is 4.18. The lowest BCUT2D eigenvalue weighted by atomic mass is 10.1. The van der Waals surface area contributed by atoms with Crippen molar-refractivity contribution in [3.05, 3.63) is 46.4 Å². The summed E-state index contributed by atoms with van der Waals surface area (Å²) in [5.74, 6) is 1.12. The van der Waals surface area contributed by atoms with Crippen LogP contribution in [0.25, 0.3) is 0 Å². The van der Waals surface area contributed by atoms with E-state index in [4.69, 9.17) is 17.0 Å². The highest BCUT2D eigenvalue weighted by Gasteiger charge is 2.27. The van der Waals surface area contributed by atoms with E-state index in [0.29, 0.717) is 28.5 Å². The molecule has 2 aliphatic rings. The van der Waals surface area contributed by atoms with E-state index in [2.05, 4.69) is 9.58 Å². The maximum Gasteiger partial charge on any atom is 0.197 e. The molecular weight excluding hydrogens is 353 g/mol. The first-order chi connectivity index (χ1) is 12.5. The van der Waals surface area contributed by atoms with Crippen LogP contribution in [0.15, 0.2) is 24.4 Å². The van der Waals surface area contributed by atoms with Crippen LogP contribution < -0.4 is 9.58 Å². The molecule has 1 fully saturated rings. The number of likely N-dealkylation sites (tertiary alicyclic amines) is 1. The van der Waals surface area contributed by atoms with Gasteiger partial charge in [0.2, 0.25) is 0 Å². The molecule has 2 aliphatic heterocycles. The van der Waals surface area contributed by atoms with Gasteiger partial charge in [0.25, 0.3) is 0 Å². The summed E-state index contributed by atoms with van der Waals surface area (Å²) in [6, 6.07) is 5.25. The minimum Gasteiger partial charge on any atom is -0.357 e. The highest BCUT2D eigenvalue weighted by molar-refractivity contribution is 6.31. The Bertz CT molecular complexity index is 817. The van der Waals surface area contributed by atoms with Crippen LogP contribution in [-0.4, -0.2) is 35.1 Å². The van der Waals surface area contributed by atoms with Crippen LogP contribution in [0.4, 0.5) is 10.2 Å². The molecule has 1 N–H and O–H groups in total. The second kappa shape index (κ2) is 6.91. The van der Waals surface area contributed by atoms with Gasteiger partial charge in [-0.15, -0.1) is 9.36 Å². The number of aryl methyl sites for hydroxylation is 1. The fourth-order valence-electron chi connectivity index (χ4n) is 3.92. The number of amidine groups is 1. The number of rotatable bonds is 3. The third-order valence-electron chi connectivity index (χ3n) is 5.43. The monoisotopic (exact) mass is 376 g/mol. The molecule has 0 saturated carbocycles. The highest BCUT2D eigenvalue weighted by Crippen LogP contribution is 2.28. The molecule has 26 heavy (non-hydrogen) atoms. The largest absolute Gasteiger partial charge is 0.357 e. The topological polar surface area (TPSA) is 39.1 Å². The number of piperidine rings is 1. The number of halogens is 2. The number of nitrogens with one attached hydrogen (secondary N) is 1. The Kier molecular flexibility index (Phi) is 4.61. The summed E-state index contributed by atoms with van der Waals surface area (Å²) in [5, 5.41) is 8.79. The molecule has 0 bridgehead atoms. The highest BCUT2D eigenvalue weighted by atomic mass is 35.5. The maximum atomic E-state index is 14.8. The molecule has 0 atom stereocenters. The van der Waals surface area contributed by atoms with Crippen LogP contribution in [-0.2, 0) is 20.1 Å². The molecule has 2 aromatic rings. The predicted molar refractivity (Wildman–Crippen MR) is 100 cm³/mol. The number of aromatic nitrogens is 2. The van der Waals surface area contributed by atoms with Crippen molar-refractivity contribution in [2.24, 2.45) is 7.05 Å². The number of benzene rings is 1. The second-order valence-corrected chi connectivity index (χ2v) is 7.51. The van der Waals surface area contributed by atoms with E-state index in [1.807, 2.05) is 28.9 Å². The lowest BCUT2D eigenvalue weighted by molar-refractivity contribution is -0.751. The van der Waals surface area contributed by atoms with E-state index in [0.717, 1.165) is 44.8 Å². The molecule has 0 unspecified atom stereocenters. The van der Waals surface area contributed by atoms with Gasteiger partial charge in [0.1, 0.15) is 11.7 Å². The van der Waals surface area contributed by atoms with Gasteiger partial charge < -0.3 is 9.80 Å². The van der Waals surface area contributed by atoms with Crippen LogP contribution >= 0.6 is 11.6 Å². The summed E-state index contributed by atoms with van der Waals surface area (Å²) < 4.78 is 19.0. The lowest BCUT2D eigenvalue weighted by Gasteiger charge is -2.29.